The lowest BCUT2D eigenvalue weighted by molar-refractivity contribution is -0.00972. The fourth-order valence-electron chi connectivity index (χ4n) is 5.26. The molecule has 0 spiro atoms. The first-order chi connectivity index (χ1) is 10.5. The molecule has 0 unspecified atom stereocenters. The molecule has 2 nitrogen and oxygen atoms in total. The van der Waals surface area contributed by atoms with Crippen LogP contribution in [0.2, 0.25) is 10.0 Å². The van der Waals surface area contributed by atoms with Gasteiger partial charge in [-0.1, -0.05) is 29.3 Å². The topological polar surface area (TPSA) is 24.1 Å². The van der Waals surface area contributed by atoms with Gasteiger partial charge in [0.2, 0.25) is 0 Å². The maximum atomic E-state index is 6.23. The number of thiocarbonyl (C=S) groups is 1. The van der Waals surface area contributed by atoms with E-state index in [1.165, 1.54) is 38.5 Å². The SMILES string of the molecule is S=C(Nc1cccc(Cl)c1Cl)NC12CC3CC(CC(C3)C1)C2. The fourth-order valence-corrected chi connectivity index (χ4v) is 5.93. The van der Waals surface area contributed by atoms with E-state index >= 15 is 0 Å². The van der Waals surface area contributed by atoms with Gasteiger partial charge in [0.15, 0.2) is 5.11 Å². The Morgan fingerprint density at radius 2 is 1.64 bits per heavy atom. The van der Waals surface area contributed by atoms with Gasteiger partial charge < -0.3 is 10.6 Å². The molecule has 0 saturated heterocycles. The average Bonchev–Trinajstić information content (AvgIpc) is 2.41. The molecule has 5 rings (SSSR count). The van der Waals surface area contributed by atoms with Crippen LogP contribution >= 0.6 is 35.4 Å². The van der Waals surface area contributed by atoms with Crippen LogP contribution in [0.25, 0.3) is 0 Å². The van der Waals surface area contributed by atoms with Crippen LogP contribution in [0.1, 0.15) is 38.5 Å². The van der Waals surface area contributed by atoms with E-state index in [0.717, 1.165) is 23.4 Å². The van der Waals surface area contributed by atoms with Crippen LogP contribution in [-0.2, 0) is 0 Å². The van der Waals surface area contributed by atoms with Crippen molar-refractivity contribution < 1.29 is 0 Å². The molecule has 0 aliphatic heterocycles. The Balaban J connectivity index is 1.47. The molecule has 0 atom stereocenters. The summed E-state index contributed by atoms with van der Waals surface area (Å²) in [4.78, 5) is 0. The third-order valence-electron chi connectivity index (χ3n) is 5.62. The normalized spacial score (nSPS) is 35.5. The summed E-state index contributed by atoms with van der Waals surface area (Å²) in [6.45, 7) is 0. The smallest absolute Gasteiger partial charge is 0.171 e. The van der Waals surface area contributed by atoms with Crippen molar-refractivity contribution in [3.63, 3.8) is 0 Å². The highest BCUT2D eigenvalue weighted by atomic mass is 35.5. The number of anilines is 1. The molecule has 1 aromatic rings. The second-order valence-corrected chi connectivity index (χ2v) is 8.57. The average molecular weight is 355 g/mol. The maximum absolute atomic E-state index is 6.23. The van der Waals surface area contributed by atoms with Crippen LogP contribution in [0.15, 0.2) is 18.2 Å². The molecule has 4 saturated carbocycles. The highest BCUT2D eigenvalue weighted by molar-refractivity contribution is 7.80. The van der Waals surface area contributed by atoms with Crippen LogP contribution in [0.3, 0.4) is 0 Å². The van der Waals surface area contributed by atoms with Gasteiger partial charge in [-0.05, 0) is 80.6 Å². The molecule has 0 heterocycles. The highest BCUT2D eigenvalue weighted by Gasteiger charge is 2.51. The van der Waals surface area contributed by atoms with Gasteiger partial charge in [0.1, 0.15) is 0 Å². The van der Waals surface area contributed by atoms with E-state index in [4.69, 9.17) is 35.4 Å². The predicted octanol–water partition coefficient (Wildman–Crippen LogP) is 5.25. The van der Waals surface area contributed by atoms with Crippen molar-refractivity contribution in [1.82, 2.24) is 5.32 Å². The minimum atomic E-state index is 0.212. The molecule has 1 aromatic carbocycles. The zero-order valence-electron chi connectivity index (χ0n) is 12.4. The number of hydrogen-bond donors (Lipinski definition) is 2. The third kappa shape index (κ3) is 2.72. The first-order valence-electron chi connectivity index (χ1n) is 8.06. The summed E-state index contributed by atoms with van der Waals surface area (Å²) in [7, 11) is 0. The van der Waals surface area contributed by atoms with Gasteiger partial charge in [-0.2, -0.15) is 0 Å². The predicted molar refractivity (Wildman–Crippen MR) is 96.7 cm³/mol. The second kappa shape index (κ2) is 5.54. The first-order valence-corrected chi connectivity index (χ1v) is 9.23. The molecular formula is C17H20Cl2N2S. The van der Waals surface area contributed by atoms with Crippen LogP contribution in [0.5, 0.6) is 0 Å². The molecule has 0 aromatic heterocycles. The van der Waals surface area contributed by atoms with E-state index in [0.29, 0.717) is 15.2 Å². The highest BCUT2D eigenvalue weighted by Crippen LogP contribution is 2.55. The summed E-state index contributed by atoms with van der Waals surface area (Å²) >= 11 is 17.8. The third-order valence-corrected chi connectivity index (χ3v) is 6.64. The van der Waals surface area contributed by atoms with Crippen molar-refractivity contribution in [2.75, 3.05) is 5.32 Å². The summed E-state index contributed by atoms with van der Waals surface area (Å²) in [6.07, 6.45) is 8.10. The summed E-state index contributed by atoms with van der Waals surface area (Å²) < 4.78 is 0. The van der Waals surface area contributed by atoms with Crippen molar-refractivity contribution >= 4 is 46.2 Å². The molecule has 0 radical (unpaired) electrons. The minimum absolute atomic E-state index is 0.212. The number of rotatable bonds is 2. The number of benzene rings is 1. The molecule has 5 heteroatoms. The molecule has 4 bridgehead atoms. The fraction of sp³-hybridized carbons (Fsp3) is 0.588. The van der Waals surface area contributed by atoms with Crippen molar-refractivity contribution in [1.29, 1.82) is 0 Å². The van der Waals surface area contributed by atoms with Crippen LogP contribution < -0.4 is 10.6 Å². The Morgan fingerprint density at radius 1 is 1.05 bits per heavy atom. The van der Waals surface area contributed by atoms with Gasteiger partial charge in [-0.15, -0.1) is 0 Å². The summed E-state index contributed by atoms with van der Waals surface area (Å²) in [6, 6.07) is 5.57. The lowest BCUT2D eigenvalue weighted by atomic mass is 9.53. The van der Waals surface area contributed by atoms with E-state index in [1.807, 2.05) is 12.1 Å². The van der Waals surface area contributed by atoms with Gasteiger partial charge in [0.05, 0.1) is 15.7 Å². The lowest BCUT2D eigenvalue weighted by Gasteiger charge is -2.57. The largest absolute Gasteiger partial charge is 0.357 e. The Labute approximate surface area is 146 Å². The molecular weight excluding hydrogens is 335 g/mol. The Kier molecular flexibility index (Phi) is 3.79. The molecule has 22 heavy (non-hydrogen) atoms. The van der Waals surface area contributed by atoms with Gasteiger partial charge in [-0.3, -0.25) is 0 Å². The molecule has 4 aliphatic rings. The minimum Gasteiger partial charge on any atom is -0.357 e. The number of nitrogens with one attached hydrogen (secondary N) is 2. The van der Waals surface area contributed by atoms with Gasteiger partial charge >= 0.3 is 0 Å². The molecule has 4 aliphatic carbocycles. The van der Waals surface area contributed by atoms with Crippen LogP contribution in [0.4, 0.5) is 5.69 Å². The quantitative estimate of drug-likeness (QED) is 0.709. The van der Waals surface area contributed by atoms with E-state index < -0.39 is 0 Å². The van der Waals surface area contributed by atoms with Crippen molar-refractivity contribution in [2.24, 2.45) is 17.8 Å². The van der Waals surface area contributed by atoms with E-state index in [1.54, 1.807) is 6.07 Å². The maximum Gasteiger partial charge on any atom is 0.171 e. The van der Waals surface area contributed by atoms with E-state index in [9.17, 15) is 0 Å². The number of hydrogen-bond acceptors (Lipinski definition) is 1. The number of halogens is 2. The van der Waals surface area contributed by atoms with Gasteiger partial charge in [0, 0.05) is 5.54 Å². The van der Waals surface area contributed by atoms with Gasteiger partial charge in [0.25, 0.3) is 0 Å². The van der Waals surface area contributed by atoms with Crippen LogP contribution in [-0.4, -0.2) is 10.7 Å². The summed E-state index contributed by atoms with van der Waals surface area (Å²) in [5.74, 6) is 2.70. The Hall–Kier alpha value is -0.510. The second-order valence-electron chi connectivity index (χ2n) is 7.38. The van der Waals surface area contributed by atoms with Crippen LogP contribution in [0, 0.1) is 17.8 Å². The Bertz CT molecular complexity index is 581. The molecule has 0 amide bonds. The zero-order valence-corrected chi connectivity index (χ0v) is 14.7. The zero-order chi connectivity index (χ0) is 15.3. The first kappa shape index (κ1) is 15.0. The molecule has 118 valence electrons. The Morgan fingerprint density at radius 3 is 2.23 bits per heavy atom. The molecule has 2 N–H and O–H groups in total. The van der Waals surface area contributed by atoms with Crippen molar-refractivity contribution in [3.05, 3.63) is 28.2 Å². The van der Waals surface area contributed by atoms with Crippen molar-refractivity contribution in [3.8, 4) is 0 Å². The standard InChI is InChI=1S/C17H20Cl2N2S/c18-13-2-1-3-14(15(13)19)20-16(22)21-17-7-10-4-11(8-17)6-12(5-10)9-17/h1-3,10-12H,4-9H2,(H2,20,21,22). The van der Waals surface area contributed by atoms with Crippen molar-refractivity contribution in [2.45, 2.75) is 44.1 Å². The van der Waals surface area contributed by atoms with Gasteiger partial charge in [-0.25, -0.2) is 0 Å². The molecule has 4 fully saturated rings. The summed E-state index contributed by atoms with van der Waals surface area (Å²) in [5.41, 5.74) is 0.987. The van der Waals surface area contributed by atoms with E-state index in [-0.39, 0.29) is 5.54 Å². The lowest BCUT2D eigenvalue weighted by Crippen LogP contribution is -2.60. The van der Waals surface area contributed by atoms with E-state index in [2.05, 4.69) is 10.6 Å². The monoisotopic (exact) mass is 354 g/mol. The summed E-state index contributed by atoms with van der Waals surface area (Å²) in [5, 5.41) is 8.61.